The minimum absolute atomic E-state index is 0. The highest BCUT2D eigenvalue weighted by Crippen LogP contribution is 2.36. The molecule has 0 amide bonds. The van der Waals surface area contributed by atoms with Gasteiger partial charge >= 0.3 is 0 Å². The van der Waals surface area contributed by atoms with Crippen LogP contribution in [0, 0.1) is 5.92 Å². The Morgan fingerprint density at radius 2 is 1.62 bits per heavy atom. The van der Waals surface area contributed by atoms with Gasteiger partial charge in [0.25, 0.3) is 0 Å². The zero-order valence-corrected chi connectivity index (χ0v) is 16.9. The highest BCUT2D eigenvalue weighted by molar-refractivity contribution is 7.89. The molecule has 2 fully saturated rings. The van der Waals surface area contributed by atoms with Gasteiger partial charge in [0.1, 0.15) is 4.90 Å². The van der Waals surface area contributed by atoms with E-state index in [4.69, 9.17) is 34.8 Å². The lowest BCUT2D eigenvalue weighted by Gasteiger charge is -2.34. The van der Waals surface area contributed by atoms with Crippen molar-refractivity contribution in [3.8, 4) is 0 Å². The second-order valence-electron chi connectivity index (χ2n) is 6.14. The quantitative estimate of drug-likeness (QED) is 0.776. The van der Waals surface area contributed by atoms with Crippen LogP contribution in [-0.2, 0) is 10.0 Å². The van der Waals surface area contributed by atoms with Crippen molar-refractivity contribution in [2.75, 3.05) is 19.6 Å². The Balaban J connectivity index is 0.00000208. The fourth-order valence-corrected chi connectivity index (χ4v) is 6.50. The summed E-state index contributed by atoms with van der Waals surface area (Å²) in [6, 6.07) is 3.36. The molecule has 0 radical (unpaired) electrons. The normalized spacial score (nSPS) is 23.2. The van der Waals surface area contributed by atoms with E-state index in [0.717, 1.165) is 19.4 Å². The monoisotopic (exact) mass is 432 g/mol. The first-order valence-corrected chi connectivity index (χ1v) is 10.3. The molecule has 136 valence electrons. The first-order chi connectivity index (χ1) is 10.9. The largest absolute Gasteiger partial charge is 0.314 e. The van der Waals surface area contributed by atoms with Crippen molar-refractivity contribution in [2.24, 2.45) is 5.92 Å². The summed E-state index contributed by atoms with van der Waals surface area (Å²) < 4.78 is 27.2. The van der Waals surface area contributed by atoms with Gasteiger partial charge in [-0.2, -0.15) is 4.31 Å². The van der Waals surface area contributed by atoms with E-state index < -0.39 is 10.0 Å². The van der Waals surface area contributed by atoms with Gasteiger partial charge in [-0.15, -0.1) is 12.4 Å². The summed E-state index contributed by atoms with van der Waals surface area (Å²) in [4.78, 5) is -0.0392. The highest BCUT2D eigenvalue weighted by Gasteiger charge is 2.35. The molecule has 4 nitrogen and oxygen atoms in total. The molecule has 1 atom stereocenters. The van der Waals surface area contributed by atoms with Gasteiger partial charge in [-0.05, 0) is 50.3 Å². The number of sulfonamides is 1. The highest BCUT2D eigenvalue weighted by atomic mass is 35.5. The smallest absolute Gasteiger partial charge is 0.246 e. The predicted molar refractivity (Wildman–Crippen MR) is 101 cm³/mol. The fraction of sp³-hybridized carbons (Fsp3) is 0.600. The van der Waals surface area contributed by atoms with Crippen LogP contribution in [0.1, 0.15) is 25.7 Å². The maximum absolute atomic E-state index is 12.9. The average molecular weight is 434 g/mol. The molecule has 1 N–H and O–H groups in total. The third-order valence-corrected chi connectivity index (χ3v) is 7.77. The van der Waals surface area contributed by atoms with E-state index in [9.17, 15) is 8.42 Å². The predicted octanol–water partition coefficient (Wildman–Crippen LogP) is 4.22. The third kappa shape index (κ3) is 4.14. The lowest BCUT2D eigenvalue weighted by Crippen LogP contribution is -2.43. The second kappa shape index (κ2) is 8.30. The molecule has 1 aromatic rings. The van der Waals surface area contributed by atoms with Crippen molar-refractivity contribution in [3.05, 3.63) is 27.2 Å². The van der Waals surface area contributed by atoms with Crippen molar-refractivity contribution < 1.29 is 8.42 Å². The molecule has 24 heavy (non-hydrogen) atoms. The number of hydrogen-bond acceptors (Lipinski definition) is 3. The number of piperidine rings is 1. The SMILES string of the molecule is Cl.O=S(=O)(c1c(Cl)cc(Cl)cc1Cl)N1CCC(C2CCCN2)CC1. The standard InChI is InChI=1S/C15H19Cl3N2O2S.ClH/c16-11-8-12(17)15(13(18)9-11)23(21,22)20-6-3-10(4-7-20)14-2-1-5-19-14;/h8-10,14,19H,1-7H2;1H. The minimum Gasteiger partial charge on any atom is -0.314 e. The summed E-state index contributed by atoms with van der Waals surface area (Å²) in [5.41, 5.74) is 0. The Bertz CT molecular complexity index is 662. The Labute approximate surface area is 164 Å². The van der Waals surface area contributed by atoms with Gasteiger partial charge in [0, 0.05) is 24.2 Å². The lowest BCUT2D eigenvalue weighted by molar-refractivity contribution is 0.234. The summed E-state index contributed by atoms with van der Waals surface area (Å²) in [6.45, 7) is 2.07. The zero-order chi connectivity index (χ0) is 16.6. The van der Waals surface area contributed by atoms with Crippen molar-refractivity contribution in [3.63, 3.8) is 0 Å². The number of nitrogens with one attached hydrogen (secondary N) is 1. The fourth-order valence-electron chi connectivity index (χ4n) is 3.54. The number of halogens is 4. The maximum Gasteiger partial charge on any atom is 0.246 e. The van der Waals surface area contributed by atoms with E-state index in [-0.39, 0.29) is 27.3 Å². The summed E-state index contributed by atoms with van der Waals surface area (Å²) in [7, 11) is -3.70. The van der Waals surface area contributed by atoms with Gasteiger partial charge in [0.05, 0.1) is 10.0 Å². The zero-order valence-electron chi connectivity index (χ0n) is 13.0. The Morgan fingerprint density at radius 1 is 1.04 bits per heavy atom. The van der Waals surface area contributed by atoms with Crippen LogP contribution in [-0.4, -0.2) is 38.4 Å². The van der Waals surface area contributed by atoms with Crippen LogP contribution in [0.3, 0.4) is 0 Å². The molecule has 2 aliphatic heterocycles. The second-order valence-corrected chi connectivity index (χ2v) is 9.27. The summed E-state index contributed by atoms with van der Waals surface area (Å²) in [5, 5.41) is 3.98. The number of hydrogen-bond donors (Lipinski definition) is 1. The van der Waals surface area contributed by atoms with E-state index in [1.54, 1.807) is 0 Å². The molecule has 0 saturated carbocycles. The molecule has 0 aromatic heterocycles. The van der Waals surface area contributed by atoms with Crippen LogP contribution < -0.4 is 5.32 Å². The lowest BCUT2D eigenvalue weighted by atomic mass is 9.89. The molecule has 2 aliphatic rings. The molecular formula is C15H20Cl4N2O2S. The van der Waals surface area contributed by atoms with E-state index >= 15 is 0 Å². The van der Waals surface area contributed by atoms with Crippen molar-refractivity contribution in [1.29, 1.82) is 0 Å². The van der Waals surface area contributed by atoms with Crippen LogP contribution in [0.25, 0.3) is 0 Å². The molecule has 2 saturated heterocycles. The van der Waals surface area contributed by atoms with Gasteiger partial charge in [0.2, 0.25) is 10.0 Å². The molecule has 9 heteroatoms. The first-order valence-electron chi connectivity index (χ1n) is 7.77. The molecule has 3 rings (SSSR count). The Morgan fingerprint density at radius 3 is 2.12 bits per heavy atom. The van der Waals surface area contributed by atoms with Gasteiger partial charge in [0.15, 0.2) is 0 Å². The average Bonchev–Trinajstić information content (AvgIpc) is 3.00. The Kier molecular flexibility index (Phi) is 7.11. The van der Waals surface area contributed by atoms with Crippen molar-refractivity contribution >= 4 is 57.2 Å². The number of nitrogens with zero attached hydrogens (tertiary/aromatic N) is 1. The summed E-state index contributed by atoms with van der Waals surface area (Å²) in [5.74, 6) is 0.542. The number of rotatable bonds is 3. The Hall–Kier alpha value is 0.250. The maximum atomic E-state index is 12.9. The van der Waals surface area contributed by atoms with Gasteiger partial charge in [-0.25, -0.2) is 8.42 Å². The van der Waals surface area contributed by atoms with Gasteiger partial charge in [-0.3, -0.25) is 0 Å². The molecular weight excluding hydrogens is 414 g/mol. The van der Waals surface area contributed by atoms with Crippen LogP contribution >= 0.6 is 47.2 Å². The van der Waals surface area contributed by atoms with Crippen molar-refractivity contribution in [2.45, 2.75) is 36.6 Å². The van der Waals surface area contributed by atoms with Crippen LogP contribution in [0.15, 0.2) is 17.0 Å². The van der Waals surface area contributed by atoms with Crippen LogP contribution in [0.2, 0.25) is 15.1 Å². The minimum atomic E-state index is -3.70. The van der Waals surface area contributed by atoms with Crippen LogP contribution in [0.4, 0.5) is 0 Å². The van der Waals surface area contributed by atoms with Gasteiger partial charge in [-0.1, -0.05) is 34.8 Å². The number of benzene rings is 1. The molecule has 0 spiro atoms. The van der Waals surface area contributed by atoms with E-state index in [0.29, 0.717) is 30.1 Å². The molecule has 0 aliphatic carbocycles. The molecule has 0 bridgehead atoms. The van der Waals surface area contributed by atoms with Crippen molar-refractivity contribution in [1.82, 2.24) is 9.62 Å². The molecule has 2 heterocycles. The summed E-state index contributed by atoms with van der Waals surface area (Å²) in [6.07, 6.45) is 4.12. The van der Waals surface area contributed by atoms with Crippen LogP contribution in [0.5, 0.6) is 0 Å². The van der Waals surface area contributed by atoms with Gasteiger partial charge < -0.3 is 5.32 Å². The molecule has 1 unspecified atom stereocenters. The van der Waals surface area contributed by atoms with E-state index in [1.165, 1.54) is 29.3 Å². The van der Waals surface area contributed by atoms with E-state index in [2.05, 4.69) is 5.32 Å². The summed E-state index contributed by atoms with van der Waals surface area (Å²) >= 11 is 18.0. The third-order valence-electron chi connectivity index (χ3n) is 4.73. The molecule has 1 aromatic carbocycles. The van der Waals surface area contributed by atoms with E-state index in [1.807, 2.05) is 0 Å². The first kappa shape index (κ1) is 20.6. The topological polar surface area (TPSA) is 49.4 Å².